The number of Topliss-reactive ketones (excluding diaryl/α,β-unsaturated/α-hetero) is 1. The van der Waals surface area contributed by atoms with Crippen LogP contribution in [0.3, 0.4) is 0 Å². The quantitative estimate of drug-likeness (QED) is 0.324. The number of carbonyl (C=O) groups is 2. The number of benzene rings is 2. The lowest BCUT2D eigenvalue weighted by atomic mass is 9.94. The monoisotopic (exact) mass is 461 g/mol. The summed E-state index contributed by atoms with van der Waals surface area (Å²) in [6, 6.07) is 15.4. The van der Waals surface area contributed by atoms with Gasteiger partial charge < -0.3 is 14.4 Å². The Balaban J connectivity index is 1.94. The molecule has 0 aliphatic carbocycles. The molecule has 1 saturated heterocycles. The lowest BCUT2D eigenvalue weighted by Crippen LogP contribution is -2.40. The zero-order chi connectivity index (χ0) is 24.3. The van der Waals surface area contributed by atoms with Crippen LogP contribution >= 0.6 is 0 Å². The first kappa shape index (κ1) is 25.3. The molecule has 0 bridgehead atoms. The number of ether oxygens (including phenoxy) is 2. The van der Waals surface area contributed by atoms with Gasteiger partial charge in [-0.2, -0.15) is 0 Å². The van der Waals surface area contributed by atoms with E-state index in [4.69, 9.17) is 9.47 Å². The lowest BCUT2D eigenvalue weighted by Gasteiger charge is -2.29. The van der Waals surface area contributed by atoms with Crippen molar-refractivity contribution in [2.24, 2.45) is 0 Å². The van der Waals surface area contributed by atoms with Gasteiger partial charge in [-0.05, 0) is 37.1 Å². The summed E-state index contributed by atoms with van der Waals surface area (Å²) in [7, 11) is 0. The zero-order valence-corrected chi connectivity index (χ0v) is 20.5. The SMILES string of the molecule is CCCCOc1ccccc1/C=C1\CN(C(C)=O)C/C(=C\c2ccccc2OCCCC)C1=O. The van der Waals surface area contributed by atoms with E-state index in [0.717, 1.165) is 48.3 Å². The smallest absolute Gasteiger partial charge is 0.220 e. The molecule has 5 nitrogen and oxygen atoms in total. The van der Waals surface area contributed by atoms with E-state index in [1.165, 1.54) is 6.92 Å². The van der Waals surface area contributed by atoms with Gasteiger partial charge in [0.2, 0.25) is 5.91 Å². The van der Waals surface area contributed by atoms with Crippen LogP contribution in [0.1, 0.15) is 57.6 Å². The normalized spacial score (nSPS) is 16.2. The molecule has 2 aromatic rings. The maximum atomic E-state index is 13.5. The van der Waals surface area contributed by atoms with E-state index in [1.54, 1.807) is 4.90 Å². The Bertz CT molecular complexity index is 978. The van der Waals surface area contributed by atoms with E-state index in [-0.39, 0.29) is 24.8 Å². The third-order valence-electron chi connectivity index (χ3n) is 5.76. The highest BCUT2D eigenvalue weighted by Crippen LogP contribution is 2.28. The number of carbonyl (C=O) groups excluding carboxylic acids is 2. The summed E-state index contributed by atoms with van der Waals surface area (Å²) in [6.07, 6.45) is 7.75. The zero-order valence-electron chi connectivity index (χ0n) is 20.5. The molecule has 34 heavy (non-hydrogen) atoms. The standard InChI is InChI=1S/C29H35NO4/c1-4-6-16-33-27-14-10-8-12-23(27)18-25-20-30(22(3)31)21-26(29(25)32)19-24-13-9-11-15-28(24)34-17-7-5-2/h8-15,18-19H,4-7,16-17,20-21H2,1-3H3/b25-18+,26-19+. The Kier molecular flexibility index (Phi) is 9.51. The average Bonchev–Trinajstić information content (AvgIpc) is 2.83. The molecular formula is C29H35NO4. The molecule has 1 aliphatic rings. The Morgan fingerprint density at radius 1 is 0.824 bits per heavy atom. The third kappa shape index (κ3) is 6.83. The Labute approximate surface area is 203 Å². The van der Waals surface area contributed by atoms with Gasteiger partial charge in [-0.3, -0.25) is 9.59 Å². The largest absolute Gasteiger partial charge is 0.493 e. The molecular weight excluding hydrogens is 426 g/mol. The summed E-state index contributed by atoms with van der Waals surface area (Å²) < 4.78 is 11.9. The highest BCUT2D eigenvalue weighted by atomic mass is 16.5. The summed E-state index contributed by atoms with van der Waals surface area (Å²) in [5.41, 5.74) is 2.83. The maximum absolute atomic E-state index is 13.5. The van der Waals surface area contributed by atoms with Gasteiger partial charge in [-0.1, -0.05) is 63.1 Å². The van der Waals surface area contributed by atoms with Crippen LogP contribution in [-0.2, 0) is 9.59 Å². The van der Waals surface area contributed by atoms with Crippen molar-refractivity contribution in [2.45, 2.75) is 46.5 Å². The molecule has 0 N–H and O–H groups in total. The molecule has 1 aliphatic heterocycles. The first-order valence-corrected chi connectivity index (χ1v) is 12.2. The van der Waals surface area contributed by atoms with Crippen molar-refractivity contribution < 1.29 is 19.1 Å². The fourth-order valence-corrected chi connectivity index (χ4v) is 3.75. The van der Waals surface area contributed by atoms with Crippen molar-refractivity contribution >= 4 is 23.8 Å². The lowest BCUT2D eigenvalue weighted by molar-refractivity contribution is -0.129. The summed E-state index contributed by atoms with van der Waals surface area (Å²) in [5.74, 6) is 1.38. The van der Waals surface area contributed by atoms with E-state index >= 15 is 0 Å². The van der Waals surface area contributed by atoms with Gasteiger partial charge in [0.05, 0.1) is 13.2 Å². The number of unbranched alkanes of at least 4 members (excludes halogenated alkanes) is 2. The molecule has 1 amide bonds. The van der Waals surface area contributed by atoms with E-state index in [1.807, 2.05) is 60.7 Å². The highest BCUT2D eigenvalue weighted by molar-refractivity contribution is 6.15. The fraction of sp³-hybridized carbons (Fsp3) is 0.379. The Hall–Kier alpha value is -3.34. The number of likely N-dealkylation sites (tertiary alicyclic amines) is 1. The Morgan fingerprint density at radius 3 is 1.68 bits per heavy atom. The van der Waals surface area contributed by atoms with Crippen molar-refractivity contribution in [3.05, 3.63) is 70.8 Å². The van der Waals surface area contributed by atoms with E-state index < -0.39 is 0 Å². The van der Waals surface area contributed by atoms with Gasteiger partial charge in [-0.15, -0.1) is 0 Å². The van der Waals surface area contributed by atoms with Crippen LogP contribution in [0.25, 0.3) is 12.2 Å². The predicted molar refractivity (Wildman–Crippen MR) is 137 cm³/mol. The van der Waals surface area contributed by atoms with E-state index in [0.29, 0.717) is 24.4 Å². The molecule has 180 valence electrons. The van der Waals surface area contributed by atoms with Crippen molar-refractivity contribution in [1.82, 2.24) is 4.90 Å². The first-order valence-electron chi connectivity index (χ1n) is 12.2. The number of amides is 1. The number of rotatable bonds is 10. The van der Waals surface area contributed by atoms with Crippen molar-refractivity contribution in [2.75, 3.05) is 26.3 Å². The van der Waals surface area contributed by atoms with Gasteiger partial charge >= 0.3 is 0 Å². The summed E-state index contributed by atoms with van der Waals surface area (Å²) >= 11 is 0. The summed E-state index contributed by atoms with van der Waals surface area (Å²) in [6.45, 7) is 7.60. The average molecular weight is 462 g/mol. The van der Waals surface area contributed by atoms with Crippen LogP contribution in [0.2, 0.25) is 0 Å². The number of ketones is 1. The second-order valence-electron chi connectivity index (χ2n) is 8.52. The summed E-state index contributed by atoms with van der Waals surface area (Å²) in [5, 5.41) is 0. The molecule has 0 spiro atoms. The van der Waals surface area contributed by atoms with Crippen molar-refractivity contribution in [1.29, 1.82) is 0 Å². The number of para-hydroxylation sites is 2. The number of nitrogens with zero attached hydrogens (tertiary/aromatic N) is 1. The minimum Gasteiger partial charge on any atom is -0.493 e. The molecule has 0 saturated carbocycles. The molecule has 1 fully saturated rings. The van der Waals surface area contributed by atoms with Crippen LogP contribution in [0, 0.1) is 0 Å². The topological polar surface area (TPSA) is 55.8 Å². The number of hydrogen-bond acceptors (Lipinski definition) is 4. The van der Waals surface area contributed by atoms with Gasteiger partial charge in [-0.25, -0.2) is 0 Å². The highest BCUT2D eigenvalue weighted by Gasteiger charge is 2.28. The van der Waals surface area contributed by atoms with Crippen molar-refractivity contribution in [3.63, 3.8) is 0 Å². The minimum absolute atomic E-state index is 0.0516. The Morgan fingerprint density at radius 2 is 1.26 bits per heavy atom. The van der Waals surface area contributed by atoms with Crippen LogP contribution in [0.5, 0.6) is 11.5 Å². The van der Waals surface area contributed by atoms with Crippen molar-refractivity contribution in [3.8, 4) is 11.5 Å². The molecule has 2 aromatic carbocycles. The van der Waals surface area contributed by atoms with E-state index in [9.17, 15) is 9.59 Å². The maximum Gasteiger partial charge on any atom is 0.220 e. The number of piperidine rings is 1. The second kappa shape index (κ2) is 12.8. The van der Waals surface area contributed by atoms with Gasteiger partial charge in [0, 0.05) is 42.3 Å². The van der Waals surface area contributed by atoms with Gasteiger partial charge in [0.25, 0.3) is 0 Å². The van der Waals surface area contributed by atoms with Crippen LogP contribution < -0.4 is 9.47 Å². The first-order chi connectivity index (χ1) is 16.5. The van der Waals surface area contributed by atoms with Gasteiger partial charge in [0.1, 0.15) is 11.5 Å². The van der Waals surface area contributed by atoms with Crippen LogP contribution in [0.15, 0.2) is 59.7 Å². The molecule has 0 radical (unpaired) electrons. The molecule has 5 heteroatoms. The summed E-state index contributed by atoms with van der Waals surface area (Å²) in [4.78, 5) is 27.5. The van der Waals surface area contributed by atoms with Crippen LogP contribution in [0.4, 0.5) is 0 Å². The second-order valence-corrected chi connectivity index (χ2v) is 8.52. The molecule has 0 unspecified atom stereocenters. The minimum atomic E-state index is -0.0655. The predicted octanol–water partition coefficient (Wildman–Crippen LogP) is 5.94. The molecule has 0 atom stereocenters. The third-order valence-corrected chi connectivity index (χ3v) is 5.76. The fourth-order valence-electron chi connectivity index (χ4n) is 3.75. The number of hydrogen-bond donors (Lipinski definition) is 0. The molecule has 3 rings (SSSR count). The molecule has 0 aromatic heterocycles. The van der Waals surface area contributed by atoms with Gasteiger partial charge in [0.15, 0.2) is 5.78 Å². The van der Waals surface area contributed by atoms with Crippen LogP contribution in [-0.4, -0.2) is 42.9 Å². The van der Waals surface area contributed by atoms with E-state index in [2.05, 4.69) is 13.8 Å². The molecule has 1 heterocycles.